The Morgan fingerprint density at radius 2 is 2.13 bits per heavy atom. The van der Waals surface area contributed by atoms with Crippen molar-refractivity contribution in [3.8, 4) is 23.0 Å². The number of methoxy groups -OCH3 is 1. The largest absolute Gasteiger partial charge is 0.493 e. The van der Waals surface area contributed by atoms with Crippen molar-refractivity contribution in [2.75, 3.05) is 20.3 Å². The third-order valence-electron chi connectivity index (χ3n) is 4.28. The Morgan fingerprint density at radius 3 is 2.83 bits per heavy atom. The molecule has 2 aromatic heterocycles. The lowest BCUT2D eigenvalue weighted by Gasteiger charge is -2.12. The maximum Gasteiger partial charge on any atom is 0.206 e. The van der Waals surface area contributed by atoms with E-state index >= 15 is 0 Å². The highest BCUT2D eigenvalue weighted by molar-refractivity contribution is 7.07. The van der Waals surface area contributed by atoms with E-state index in [1.807, 2.05) is 35.7 Å². The Kier molecular flexibility index (Phi) is 7.68. The number of aromatic nitrogens is 1. The SMILES string of the molecule is C=CCN=c1scc(-c2ccco2)n1N=Cc1ccc(OCCC(C)C)c(OC)c1. The van der Waals surface area contributed by atoms with E-state index in [9.17, 15) is 0 Å². The van der Waals surface area contributed by atoms with Gasteiger partial charge in [-0.1, -0.05) is 19.9 Å². The molecule has 7 heteroatoms. The zero-order valence-electron chi connectivity index (χ0n) is 17.6. The Balaban J connectivity index is 1.88. The first-order valence-corrected chi connectivity index (χ1v) is 10.7. The van der Waals surface area contributed by atoms with Crippen LogP contribution in [-0.4, -0.2) is 31.2 Å². The minimum absolute atomic E-state index is 0.518. The summed E-state index contributed by atoms with van der Waals surface area (Å²) >= 11 is 1.50. The third kappa shape index (κ3) is 5.51. The van der Waals surface area contributed by atoms with Crippen LogP contribution in [0.2, 0.25) is 0 Å². The Morgan fingerprint density at radius 1 is 1.27 bits per heavy atom. The van der Waals surface area contributed by atoms with E-state index < -0.39 is 0 Å². The molecule has 0 aliphatic rings. The molecule has 3 aromatic rings. The van der Waals surface area contributed by atoms with Gasteiger partial charge in [-0.3, -0.25) is 4.99 Å². The lowest BCUT2D eigenvalue weighted by molar-refractivity contribution is 0.273. The molecule has 0 aliphatic carbocycles. The first-order chi connectivity index (χ1) is 14.6. The lowest BCUT2D eigenvalue weighted by Crippen LogP contribution is -2.12. The van der Waals surface area contributed by atoms with Gasteiger partial charge in [-0.25, -0.2) is 4.68 Å². The van der Waals surface area contributed by atoms with E-state index in [1.165, 1.54) is 11.3 Å². The number of thiazole rings is 1. The number of benzene rings is 1. The third-order valence-corrected chi connectivity index (χ3v) is 5.13. The molecule has 6 nitrogen and oxygen atoms in total. The highest BCUT2D eigenvalue weighted by Crippen LogP contribution is 2.28. The summed E-state index contributed by atoms with van der Waals surface area (Å²) in [5, 5.41) is 6.63. The van der Waals surface area contributed by atoms with Crippen molar-refractivity contribution >= 4 is 17.6 Å². The first kappa shape index (κ1) is 21.6. The molecular weight excluding hydrogens is 398 g/mol. The molecule has 3 rings (SSSR count). The Labute approximate surface area is 180 Å². The van der Waals surface area contributed by atoms with Gasteiger partial charge in [-0.15, -0.1) is 17.9 Å². The number of furan rings is 1. The van der Waals surface area contributed by atoms with E-state index in [-0.39, 0.29) is 0 Å². The van der Waals surface area contributed by atoms with Crippen LogP contribution >= 0.6 is 11.3 Å². The first-order valence-electron chi connectivity index (χ1n) is 9.83. The van der Waals surface area contributed by atoms with Gasteiger partial charge in [0, 0.05) is 5.38 Å². The van der Waals surface area contributed by atoms with Crippen LogP contribution in [0, 0.1) is 5.92 Å². The summed E-state index contributed by atoms with van der Waals surface area (Å²) in [6.07, 6.45) is 6.16. The van der Waals surface area contributed by atoms with Crippen molar-refractivity contribution in [3.63, 3.8) is 0 Å². The maximum atomic E-state index is 5.87. The predicted octanol–water partition coefficient (Wildman–Crippen LogP) is 5.21. The molecule has 0 amide bonds. The molecule has 0 unspecified atom stereocenters. The number of rotatable bonds is 10. The van der Waals surface area contributed by atoms with Gasteiger partial charge in [0.1, 0.15) is 5.69 Å². The molecule has 0 saturated heterocycles. The van der Waals surface area contributed by atoms with Gasteiger partial charge in [-0.2, -0.15) is 5.10 Å². The van der Waals surface area contributed by atoms with Crippen molar-refractivity contribution < 1.29 is 13.9 Å². The zero-order chi connectivity index (χ0) is 21.3. The topological polar surface area (TPSA) is 61.2 Å². The molecule has 0 atom stereocenters. The highest BCUT2D eigenvalue weighted by Gasteiger charge is 2.10. The number of nitrogens with zero attached hydrogens (tertiary/aromatic N) is 3. The summed E-state index contributed by atoms with van der Waals surface area (Å²) in [4.78, 5) is 5.29. The molecule has 1 aromatic carbocycles. The molecule has 0 aliphatic heterocycles. The van der Waals surface area contributed by atoms with Crippen molar-refractivity contribution in [1.82, 2.24) is 4.68 Å². The summed E-state index contributed by atoms with van der Waals surface area (Å²) in [6, 6.07) is 9.53. The molecule has 158 valence electrons. The smallest absolute Gasteiger partial charge is 0.206 e. The van der Waals surface area contributed by atoms with Crippen molar-refractivity contribution in [2.24, 2.45) is 16.0 Å². The minimum Gasteiger partial charge on any atom is -0.493 e. The second-order valence-corrected chi connectivity index (χ2v) is 7.84. The number of hydrogen-bond acceptors (Lipinski definition) is 6. The van der Waals surface area contributed by atoms with Gasteiger partial charge in [0.25, 0.3) is 0 Å². The van der Waals surface area contributed by atoms with Crippen molar-refractivity contribution in [1.29, 1.82) is 0 Å². The highest BCUT2D eigenvalue weighted by atomic mass is 32.1. The zero-order valence-corrected chi connectivity index (χ0v) is 18.4. The van der Waals surface area contributed by atoms with E-state index in [2.05, 4.69) is 30.5 Å². The normalized spacial score (nSPS) is 12.1. The molecular formula is C23H27N3O3S. The fourth-order valence-electron chi connectivity index (χ4n) is 2.67. The summed E-state index contributed by atoms with van der Waals surface area (Å²) in [7, 11) is 1.64. The minimum atomic E-state index is 0.518. The van der Waals surface area contributed by atoms with Gasteiger partial charge >= 0.3 is 0 Å². The lowest BCUT2D eigenvalue weighted by atomic mass is 10.1. The molecule has 0 radical (unpaired) electrons. The second kappa shape index (κ2) is 10.6. The van der Waals surface area contributed by atoms with Crippen LogP contribution in [0.25, 0.3) is 11.5 Å². The quantitative estimate of drug-likeness (QED) is 0.331. The molecule has 0 bridgehead atoms. The van der Waals surface area contributed by atoms with Crippen LogP contribution in [0.5, 0.6) is 11.5 Å². The predicted molar refractivity (Wildman–Crippen MR) is 122 cm³/mol. The Bertz CT molecular complexity index is 1050. The summed E-state index contributed by atoms with van der Waals surface area (Å²) < 4.78 is 18.7. The second-order valence-electron chi connectivity index (χ2n) is 7.01. The van der Waals surface area contributed by atoms with Crippen molar-refractivity contribution in [3.05, 3.63) is 65.0 Å². The summed E-state index contributed by atoms with van der Waals surface area (Å²) in [5.41, 5.74) is 1.73. The van der Waals surface area contributed by atoms with Gasteiger partial charge in [-0.05, 0) is 48.2 Å². The monoisotopic (exact) mass is 425 g/mol. The van der Waals surface area contributed by atoms with Crippen LogP contribution in [0.3, 0.4) is 0 Å². The van der Waals surface area contributed by atoms with E-state index in [4.69, 9.17) is 13.9 Å². The van der Waals surface area contributed by atoms with Gasteiger partial charge in [0.05, 0.1) is 32.7 Å². The van der Waals surface area contributed by atoms with Crippen LogP contribution in [0.1, 0.15) is 25.8 Å². The summed E-state index contributed by atoms with van der Waals surface area (Å²) in [5.74, 6) is 2.74. The van der Waals surface area contributed by atoms with Gasteiger partial charge in [0.2, 0.25) is 4.80 Å². The van der Waals surface area contributed by atoms with Crippen LogP contribution in [0.4, 0.5) is 0 Å². The number of ether oxygens (including phenoxy) is 2. The van der Waals surface area contributed by atoms with Crippen LogP contribution < -0.4 is 14.3 Å². The molecule has 30 heavy (non-hydrogen) atoms. The van der Waals surface area contributed by atoms with Gasteiger partial charge < -0.3 is 13.9 Å². The average molecular weight is 426 g/mol. The molecule has 0 saturated carbocycles. The molecule has 2 heterocycles. The van der Waals surface area contributed by atoms with Crippen LogP contribution in [-0.2, 0) is 0 Å². The molecule has 0 spiro atoms. The van der Waals surface area contributed by atoms with E-state index in [0.29, 0.717) is 24.8 Å². The molecule has 0 fully saturated rings. The van der Waals surface area contributed by atoms with E-state index in [1.54, 1.807) is 30.3 Å². The maximum absolute atomic E-state index is 5.87. The fourth-order valence-corrected chi connectivity index (χ4v) is 3.50. The molecule has 0 N–H and O–H groups in total. The van der Waals surface area contributed by atoms with Gasteiger partial charge in [0.15, 0.2) is 17.3 Å². The van der Waals surface area contributed by atoms with Crippen molar-refractivity contribution in [2.45, 2.75) is 20.3 Å². The number of hydrogen-bond donors (Lipinski definition) is 0. The fraction of sp³-hybridized carbons (Fsp3) is 0.304. The standard InChI is InChI=1S/C23H27N3O3S/c1-5-11-24-23-26(19(16-30-23)20-7-6-12-28-20)25-15-18-8-9-21(22(14-18)27-4)29-13-10-17(2)3/h5-9,12,14-17H,1,10-11,13H2,2-4H3. The average Bonchev–Trinajstić information content (AvgIpc) is 3.40. The van der Waals surface area contributed by atoms with E-state index in [0.717, 1.165) is 34.0 Å². The Hall–Kier alpha value is -3.06. The summed E-state index contributed by atoms with van der Waals surface area (Å²) in [6.45, 7) is 9.26. The van der Waals surface area contributed by atoms with Crippen LogP contribution in [0.15, 0.2) is 69.1 Å².